The number of fused-ring (bicyclic) bond motifs is 1. The van der Waals surface area contributed by atoms with E-state index in [0.29, 0.717) is 11.9 Å². The summed E-state index contributed by atoms with van der Waals surface area (Å²) in [5.74, 6) is -0.211. The van der Waals surface area contributed by atoms with Gasteiger partial charge < -0.3 is 10.3 Å². The van der Waals surface area contributed by atoms with Gasteiger partial charge in [-0.25, -0.2) is 4.39 Å². The van der Waals surface area contributed by atoms with Crippen molar-refractivity contribution >= 4 is 16.7 Å². The molecular weight excluding hydrogens is 331 g/mol. The molecule has 3 aromatic rings. The number of hydrogen-bond acceptors (Lipinski definition) is 2. The maximum absolute atomic E-state index is 13.1. The van der Waals surface area contributed by atoms with Gasteiger partial charge in [0.25, 0.3) is 5.56 Å². The number of carbonyl (C=O) groups is 1. The molecule has 2 unspecified atom stereocenters. The Morgan fingerprint density at radius 2 is 1.81 bits per heavy atom. The van der Waals surface area contributed by atoms with E-state index in [1.54, 1.807) is 24.4 Å². The fourth-order valence-electron chi connectivity index (χ4n) is 3.65. The van der Waals surface area contributed by atoms with Gasteiger partial charge in [0.05, 0.1) is 0 Å². The predicted octanol–water partition coefficient (Wildman–Crippen LogP) is 3.48. The van der Waals surface area contributed by atoms with E-state index in [-0.39, 0.29) is 29.1 Å². The van der Waals surface area contributed by atoms with E-state index < -0.39 is 0 Å². The van der Waals surface area contributed by atoms with Crippen molar-refractivity contribution in [1.82, 2.24) is 10.3 Å². The van der Waals surface area contributed by atoms with Crippen molar-refractivity contribution in [1.29, 1.82) is 0 Å². The van der Waals surface area contributed by atoms with E-state index in [1.807, 2.05) is 18.2 Å². The van der Waals surface area contributed by atoms with Crippen LogP contribution in [0.25, 0.3) is 10.8 Å². The first-order chi connectivity index (χ1) is 12.6. The van der Waals surface area contributed by atoms with E-state index >= 15 is 0 Å². The van der Waals surface area contributed by atoms with Crippen LogP contribution < -0.4 is 10.9 Å². The Kier molecular flexibility index (Phi) is 4.29. The van der Waals surface area contributed by atoms with Gasteiger partial charge in [0, 0.05) is 24.0 Å². The number of H-pyrrole nitrogens is 1. The lowest BCUT2D eigenvalue weighted by Gasteiger charge is -2.35. The molecule has 2 N–H and O–H groups in total. The lowest BCUT2D eigenvalue weighted by Crippen LogP contribution is -2.39. The van der Waals surface area contributed by atoms with Crippen molar-refractivity contribution in [3.05, 3.63) is 82.0 Å². The average Bonchev–Trinajstić information content (AvgIpc) is 2.62. The predicted molar refractivity (Wildman–Crippen MR) is 98.3 cm³/mol. The summed E-state index contributed by atoms with van der Waals surface area (Å²) in [4.78, 5) is 27.2. The largest absolute Gasteiger partial charge is 0.352 e. The first-order valence-corrected chi connectivity index (χ1v) is 8.76. The van der Waals surface area contributed by atoms with Crippen molar-refractivity contribution in [2.45, 2.75) is 25.3 Å². The highest BCUT2D eigenvalue weighted by atomic mass is 19.1. The topological polar surface area (TPSA) is 62.0 Å². The molecule has 132 valence electrons. The van der Waals surface area contributed by atoms with Crippen LogP contribution in [0.2, 0.25) is 0 Å². The molecule has 26 heavy (non-hydrogen) atoms. The first-order valence-electron chi connectivity index (χ1n) is 8.76. The zero-order chi connectivity index (χ0) is 18.1. The first kappa shape index (κ1) is 16.5. The second-order valence-electron chi connectivity index (χ2n) is 6.75. The van der Waals surface area contributed by atoms with Crippen LogP contribution >= 0.6 is 0 Å². The van der Waals surface area contributed by atoms with Gasteiger partial charge in [-0.05, 0) is 53.5 Å². The Bertz CT molecular complexity index is 1010. The van der Waals surface area contributed by atoms with E-state index in [0.717, 1.165) is 29.4 Å². The summed E-state index contributed by atoms with van der Waals surface area (Å²) in [7, 11) is 0. The quantitative estimate of drug-likeness (QED) is 0.757. The highest BCUT2D eigenvalue weighted by Gasteiger charge is 2.37. The van der Waals surface area contributed by atoms with Gasteiger partial charge in [0.15, 0.2) is 0 Å². The molecule has 0 aliphatic heterocycles. The van der Waals surface area contributed by atoms with E-state index in [2.05, 4.69) is 10.3 Å². The smallest absolute Gasteiger partial charge is 0.255 e. The molecule has 2 atom stereocenters. The molecule has 0 saturated heterocycles. The van der Waals surface area contributed by atoms with Crippen LogP contribution in [0.15, 0.2) is 59.5 Å². The fraction of sp³-hybridized carbons (Fsp3) is 0.238. The van der Waals surface area contributed by atoms with Crippen LogP contribution in [0.4, 0.5) is 4.39 Å². The third kappa shape index (κ3) is 3.01. The molecule has 1 saturated carbocycles. The van der Waals surface area contributed by atoms with Crippen LogP contribution in [0, 0.1) is 11.7 Å². The van der Waals surface area contributed by atoms with E-state index in [9.17, 15) is 14.0 Å². The van der Waals surface area contributed by atoms with Gasteiger partial charge in [-0.3, -0.25) is 9.59 Å². The van der Waals surface area contributed by atoms with Crippen LogP contribution in [0.1, 0.15) is 29.9 Å². The number of pyridine rings is 1. The summed E-state index contributed by atoms with van der Waals surface area (Å²) in [5.41, 5.74) is 1.75. The monoisotopic (exact) mass is 350 g/mol. The number of benzene rings is 2. The minimum Gasteiger partial charge on any atom is -0.352 e. The number of carbonyl (C=O) groups excluding carboxylic acids is 1. The second-order valence-corrected chi connectivity index (χ2v) is 6.75. The third-order valence-corrected chi connectivity index (χ3v) is 5.26. The summed E-state index contributed by atoms with van der Waals surface area (Å²) in [5, 5.41) is 4.45. The Labute approximate surface area is 150 Å². The SMILES string of the molecule is O=C(NCc1c[nH]c(=O)c2ccccc12)C1CCC1c1ccc(F)cc1. The molecule has 4 rings (SSSR count). The van der Waals surface area contributed by atoms with E-state index in [1.165, 1.54) is 12.1 Å². The average molecular weight is 350 g/mol. The molecule has 0 spiro atoms. The van der Waals surface area contributed by atoms with Crippen molar-refractivity contribution in [2.75, 3.05) is 0 Å². The Balaban J connectivity index is 1.47. The zero-order valence-electron chi connectivity index (χ0n) is 14.2. The lowest BCUT2D eigenvalue weighted by molar-refractivity contribution is -0.128. The van der Waals surface area contributed by atoms with Gasteiger partial charge in [-0.1, -0.05) is 30.3 Å². The summed E-state index contributed by atoms with van der Waals surface area (Å²) >= 11 is 0. The molecule has 5 heteroatoms. The van der Waals surface area contributed by atoms with Gasteiger partial charge in [0.2, 0.25) is 5.91 Å². The minimum atomic E-state index is -0.265. The van der Waals surface area contributed by atoms with Crippen LogP contribution in [-0.2, 0) is 11.3 Å². The Hall–Kier alpha value is -2.95. The summed E-state index contributed by atoms with van der Waals surface area (Å²) in [6.45, 7) is 0.364. The lowest BCUT2D eigenvalue weighted by atomic mass is 9.69. The van der Waals surface area contributed by atoms with Crippen LogP contribution in [0.3, 0.4) is 0 Å². The van der Waals surface area contributed by atoms with Gasteiger partial charge in [-0.2, -0.15) is 0 Å². The minimum absolute atomic E-state index is 0.000793. The Morgan fingerprint density at radius 3 is 2.50 bits per heavy atom. The normalized spacial score (nSPS) is 19.1. The second kappa shape index (κ2) is 6.75. The van der Waals surface area contributed by atoms with Gasteiger partial charge in [-0.15, -0.1) is 0 Å². The molecule has 1 heterocycles. The summed E-state index contributed by atoms with van der Waals surface area (Å²) in [6, 6.07) is 13.8. The number of aromatic nitrogens is 1. The van der Waals surface area contributed by atoms with Crippen molar-refractivity contribution in [2.24, 2.45) is 5.92 Å². The molecule has 4 nitrogen and oxygen atoms in total. The van der Waals surface area contributed by atoms with E-state index in [4.69, 9.17) is 0 Å². The molecule has 1 aromatic heterocycles. The molecule has 1 aliphatic carbocycles. The molecule has 1 aliphatic rings. The molecular formula is C21H19FN2O2. The fourth-order valence-corrected chi connectivity index (χ4v) is 3.65. The highest BCUT2D eigenvalue weighted by molar-refractivity contribution is 5.85. The number of rotatable bonds is 4. The third-order valence-electron chi connectivity index (χ3n) is 5.26. The summed E-state index contributed by atoms with van der Waals surface area (Å²) in [6.07, 6.45) is 3.43. The zero-order valence-corrected chi connectivity index (χ0v) is 14.2. The number of aromatic amines is 1. The van der Waals surface area contributed by atoms with Gasteiger partial charge in [0.1, 0.15) is 5.82 Å². The van der Waals surface area contributed by atoms with Crippen molar-refractivity contribution in [3.63, 3.8) is 0 Å². The molecule has 1 fully saturated rings. The molecule has 0 radical (unpaired) electrons. The van der Waals surface area contributed by atoms with Crippen molar-refractivity contribution < 1.29 is 9.18 Å². The standard InChI is InChI=1S/C21H19FN2O2/c22-15-7-5-13(6-8-15)17-9-10-19(17)21(26)24-12-14-11-23-20(25)18-4-2-1-3-16(14)18/h1-8,11,17,19H,9-10,12H2,(H,23,25)(H,24,26). The van der Waals surface area contributed by atoms with Crippen LogP contribution in [-0.4, -0.2) is 10.9 Å². The number of hydrogen-bond donors (Lipinski definition) is 2. The number of halogens is 1. The molecule has 2 aromatic carbocycles. The summed E-state index contributed by atoms with van der Waals surface area (Å²) < 4.78 is 13.1. The van der Waals surface area contributed by atoms with Gasteiger partial charge >= 0.3 is 0 Å². The highest BCUT2D eigenvalue weighted by Crippen LogP contribution is 2.42. The molecule has 0 bridgehead atoms. The maximum Gasteiger partial charge on any atom is 0.255 e. The number of nitrogens with one attached hydrogen (secondary N) is 2. The van der Waals surface area contributed by atoms with Crippen LogP contribution in [0.5, 0.6) is 0 Å². The maximum atomic E-state index is 13.1. The Morgan fingerprint density at radius 1 is 1.08 bits per heavy atom. The molecule has 1 amide bonds. The number of amides is 1. The van der Waals surface area contributed by atoms with Crippen molar-refractivity contribution in [3.8, 4) is 0 Å².